The Bertz CT molecular complexity index is 900. The fourth-order valence-electron chi connectivity index (χ4n) is 3.16. The Labute approximate surface area is 162 Å². The van der Waals surface area contributed by atoms with Crippen LogP contribution in [0.2, 0.25) is 5.02 Å². The molecule has 2 aromatic rings. The van der Waals surface area contributed by atoms with Crippen LogP contribution in [0.4, 0.5) is 11.4 Å². The van der Waals surface area contributed by atoms with Gasteiger partial charge in [0.2, 0.25) is 11.8 Å². The van der Waals surface area contributed by atoms with E-state index in [4.69, 9.17) is 11.6 Å². The monoisotopic (exact) mass is 385 g/mol. The molecule has 1 N–H and O–H groups in total. The molecule has 1 aliphatic heterocycles. The van der Waals surface area contributed by atoms with Crippen LogP contribution in [0.25, 0.3) is 0 Å². The summed E-state index contributed by atoms with van der Waals surface area (Å²) >= 11 is 6.09. The van der Waals surface area contributed by atoms with Crippen LogP contribution < -0.4 is 10.2 Å². The third-order valence-corrected chi connectivity index (χ3v) is 4.78. The standard InChI is InChI=1S/C20H20ClN3O3/c1-13-11-18(25)22-16-9-5-6-10-17(16)24(13)19(26)12-23(2)20(27)14-7-3-4-8-15(14)21/h3-10,13H,11-12H2,1-2H3,(H,22,25)/t13-/m1/s1. The lowest BCUT2D eigenvalue weighted by Gasteiger charge is -2.29. The molecule has 0 saturated carbocycles. The van der Waals surface area contributed by atoms with E-state index >= 15 is 0 Å². The van der Waals surface area contributed by atoms with E-state index in [1.807, 2.05) is 13.0 Å². The minimum absolute atomic E-state index is 0.128. The van der Waals surface area contributed by atoms with Crippen LogP contribution in [0.15, 0.2) is 48.5 Å². The normalized spacial score (nSPS) is 16.2. The first-order valence-electron chi connectivity index (χ1n) is 8.59. The Morgan fingerprint density at radius 2 is 1.85 bits per heavy atom. The van der Waals surface area contributed by atoms with Crippen LogP contribution in [0.3, 0.4) is 0 Å². The molecule has 3 rings (SSSR count). The molecule has 140 valence electrons. The highest BCUT2D eigenvalue weighted by atomic mass is 35.5. The van der Waals surface area contributed by atoms with Crippen molar-refractivity contribution < 1.29 is 14.4 Å². The molecule has 7 heteroatoms. The fraction of sp³-hybridized carbons (Fsp3) is 0.250. The number of carbonyl (C=O) groups is 3. The van der Waals surface area contributed by atoms with Gasteiger partial charge in [0.25, 0.3) is 5.91 Å². The van der Waals surface area contributed by atoms with E-state index in [-0.39, 0.29) is 36.7 Å². The zero-order chi connectivity index (χ0) is 19.6. The second-order valence-electron chi connectivity index (χ2n) is 6.52. The number of benzene rings is 2. The molecule has 0 radical (unpaired) electrons. The summed E-state index contributed by atoms with van der Waals surface area (Å²) in [5, 5.41) is 3.15. The van der Waals surface area contributed by atoms with Gasteiger partial charge in [-0.3, -0.25) is 14.4 Å². The number of amides is 3. The summed E-state index contributed by atoms with van der Waals surface area (Å²) in [4.78, 5) is 40.6. The fourth-order valence-corrected chi connectivity index (χ4v) is 3.38. The number of para-hydroxylation sites is 2. The molecule has 0 fully saturated rings. The lowest BCUT2D eigenvalue weighted by molar-refractivity contribution is -0.119. The van der Waals surface area contributed by atoms with Gasteiger partial charge in [-0.25, -0.2) is 0 Å². The van der Waals surface area contributed by atoms with Gasteiger partial charge < -0.3 is 15.1 Å². The van der Waals surface area contributed by atoms with Crippen molar-refractivity contribution in [2.24, 2.45) is 0 Å². The van der Waals surface area contributed by atoms with E-state index in [0.29, 0.717) is 22.0 Å². The summed E-state index contributed by atoms with van der Waals surface area (Å²) in [6.45, 7) is 1.69. The molecule has 0 unspecified atom stereocenters. The molecule has 0 saturated heterocycles. The lowest BCUT2D eigenvalue weighted by atomic mass is 10.1. The number of hydrogen-bond donors (Lipinski definition) is 1. The van der Waals surface area contributed by atoms with Crippen LogP contribution in [-0.4, -0.2) is 42.3 Å². The third-order valence-electron chi connectivity index (χ3n) is 4.45. The van der Waals surface area contributed by atoms with E-state index in [0.717, 1.165) is 0 Å². The van der Waals surface area contributed by atoms with Gasteiger partial charge in [-0.05, 0) is 31.2 Å². The van der Waals surface area contributed by atoms with Gasteiger partial charge >= 0.3 is 0 Å². The average Bonchev–Trinajstić information content (AvgIpc) is 2.75. The Morgan fingerprint density at radius 3 is 2.59 bits per heavy atom. The van der Waals surface area contributed by atoms with Crippen LogP contribution in [-0.2, 0) is 9.59 Å². The van der Waals surface area contributed by atoms with E-state index in [9.17, 15) is 14.4 Å². The Kier molecular flexibility index (Phi) is 5.46. The summed E-state index contributed by atoms with van der Waals surface area (Å²) in [7, 11) is 1.56. The van der Waals surface area contributed by atoms with E-state index < -0.39 is 0 Å². The van der Waals surface area contributed by atoms with Crippen molar-refractivity contribution >= 4 is 40.7 Å². The molecule has 0 bridgehead atoms. The predicted molar refractivity (Wildman–Crippen MR) is 105 cm³/mol. The highest BCUT2D eigenvalue weighted by Gasteiger charge is 2.30. The third kappa shape index (κ3) is 3.95. The van der Waals surface area contributed by atoms with E-state index in [1.54, 1.807) is 54.4 Å². The maximum absolute atomic E-state index is 13.0. The molecule has 1 heterocycles. The van der Waals surface area contributed by atoms with E-state index in [1.165, 1.54) is 4.90 Å². The molecule has 1 aliphatic rings. The summed E-state index contributed by atoms with van der Waals surface area (Å²) in [6.07, 6.45) is 0.183. The van der Waals surface area contributed by atoms with Crippen LogP contribution in [0, 0.1) is 0 Å². The molecule has 6 nitrogen and oxygen atoms in total. The van der Waals surface area contributed by atoms with Crippen LogP contribution in [0.5, 0.6) is 0 Å². The van der Waals surface area contributed by atoms with Crippen LogP contribution >= 0.6 is 11.6 Å². The van der Waals surface area contributed by atoms with Gasteiger partial charge in [-0.2, -0.15) is 0 Å². The number of likely N-dealkylation sites (N-methyl/N-ethyl adjacent to an activating group) is 1. The molecule has 27 heavy (non-hydrogen) atoms. The minimum Gasteiger partial charge on any atom is -0.332 e. The molecule has 0 aliphatic carbocycles. The molecular formula is C20H20ClN3O3. The molecular weight excluding hydrogens is 366 g/mol. The van der Waals surface area contributed by atoms with Crippen LogP contribution in [0.1, 0.15) is 23.7 Å². The number of nitrogens with zero attached hydrogens (tertiary/aromatic N) is 2. The highest BCUT2D eigenvalue weighted by Crippen LogP contribution is 2.31. The highest BCUT2D eigenvalue weighted by molar-refractivity contribution is 6.33. The quantitative estimate of drug-likeness (QED) is 0.882. The molecule has 1 atom stereocenters. The number of fused-ring (bicyclic) bond motifs is 1. The van der Waals surface area contributed by atoms with Crippen molar-refractivity contribution in [3.05, 3.63) is 59.1 Å². The van der Waals surface area contributed by atoms with Crippen molar-refractivity contribution in [3.8, 4) is 0 Å². The second kappa shape index (κ2) is 7.80. The summed E-state index contributed by atoms with van der Waals surface area (Å²) in [5.41, 5.74) is 1.55. The Hall–Kier alpha value is -2.86. The molecule has 0 spiro atoms. The van der Waals surface area contributed by atoms with Gasteiger partial charge in [0, 0.05) is 19.5 Å². The Balaban J connectivity index is 1.83. The average molecular weight is 386 g/mol. The van der Waals surface area contributed by atoms with Gasteiger partial charge in [0.15, 0.2) is 0 Å². The first kappa shape index (κ1) is 18.9. The SMILES string of the molecule is C[C@@H]1CC(=O)Nc2ccccc2N1C(=O)CN(C)C(=O)c1ccccc1Cl. The smallest absolute Gasteiger partial charge is 0.255 e. The first-order chi connectivity index (χ1) is 12.9. The van der Waals surface area contributed by atoms with Gasteiger partial charge in [-0.15, -0.1) is 0 Å². The maximum Gasteiger partial charge on any atom is 0.255 e. The number of anilines is 2. The maximum atomic E-state index is 13.0. The number of nitrogens with one attached hydrogen (secondary N) is 1. The molecule has 2 aromatic carbocycles. The van der Waals surface area contributed by atoms with Crippen molar-refractivity contribution in [1.29, 1.82) is 0 Å². The lowest BCUT2D eigenvalue weighted by Crippen LogP contribution is -2.45. The van der Waals surface area contributed by atoms with Gasteiger partial charge in [0.1, 0.15) is 6.54 Å². The summed E-state index contributed by atoms with van der Waals surface area (Å²) in [5.74, 6) is -0.751. The predicted octanol–water partition coefficient (Wildman–Crippen LogP) is 3.18. The van der Waals surface area contributed by atoms with Crippen molar-refractivity contribution in [2.45, 2.75) is 19.4 Å². The summed E-state index contributed by atoms with van der Waals surface area (Å²) < 4.78 is 0. The van der Waals surface area contributed by atoms with E-state index in [2.05, 4.69) is 5.32 Å². The zero-order valence-corrected chi connectivity index (χ0v) is 15.9. The summed E-state index contributed by atoms with van der Waals surface area (Å²) in [6, 6.07) is 13.5. The largest absolute Gasteiger partial charge is 0.332 e. The molecule has 0 aromatic heterocycles. The first-order valence-corrected chi connectivity index (χ1v) is 8.97. The minimum atomic E-state index is -0.334. The molecule has 3 amide bonds. The zero-order valence-electron chi connectivity index (χ0n) is 15.1. The number of halogens is 1. The second-order valence-corrected chi connectivity index (χ2v) is 6.93. The Morgan fingerprint density at radius 1 is 1.19 bits per heavy atom. The number of carbonyl (C=O) groups excluding carboxylic acids is 3. The number of hydrogen-bond acceptors (Lipinski definition) is 3. The van der Waals surface area contributed by atoms with Crippen molar-refractivity contribution in [1.82, 2.24) is 4.90 Å². The topological polar surface area (TPSA) is 69.7 Å². The van der Waals surface area contributed by atoms with Gasteiger partial charge in [0.05, 0.1) is 22.0 Å². The number of rotatable bonds is 3. The van der Waals surface area contributed by atoms with Gasteiger partial charge in [-0.1, -0.05) is 35.9 Å². The van der Waals surface area contributed by atoms with Crippen molar-refractivity contribution in [2.75, 3.05) is 23.8 Å². The van der Waals surface area contributed by atoms with Crippen molar-refractivity contribution in [3.63, 3.8) is 0 Å².